The molecule has 0 amide bonds. The van der Waals surface area contributed by atoms with Crippen molar-refractivity contribution in [3.8, 4) is 28.4 Å². The van der Waals surface area contributed by atoms with Crippen LogP contribution in [0.5, 0.6) is 11.5 Å². The predicted molar refractivity (Wildman–Crippen MR) is 233 cm³/mol. The van der Waals surface area contributed by atoms with E-state index in [-0.39, 0.29) is 31.9 Å². The maximum atomic E-state index is 7.91. The normalized spacial score (nSPS) is 12.7. The van der Waals surface area contributed by atoms with Crippen LogP contribution in [0.3, 0.4) is 0 Å². The van der Waals surface area contributed by atoms with E-state index in [2.05, 4.69) is 171 Å². The molecule has 1 aliphatic rings. The number of para-hydroxylation sites is 3. The van der Waals surface area contributed by atoms with Crippen molar-refractivity contribution in [2.75, 3.05) is 9.80 Å². The van der Waals surface area contributed by atoms with Crippen molar-refractivity contribution in [1.29, 1.82) is 0 Å². The topological polar surface area (TPSA) is 37.9 Å². The van der Waals surface area contributed by atoms with Crippen molar-refractivity contribution < 1.29 is 25.8 Å². The maximum absolute atomic E-state index is 7.91. The van der Waals surface area contributed by atoms with E-state index in [0.29, 0.717) is 17.2 Å². The number of fused-ring (bicyclic) bond motifs is 4. The van der Waals surface area contributed by atoms with Crippen LogP contribution >= 0.6 is 0 Å². The minimum atomic E-state index is -0.181. The molecule has 0 fully saturated rings. The molecule has 0 radical (unpaired) electrons. The first-order valence-electron chi connectivity index (χ1n) is 19.2. The molecule has 3 heterocycles. The third-order valence-corrected chi connectivity index (χ3v) is 10.6. The number of benzene rings is 6. The first-order chi connectivity index (χ1) is 27.4. The van der Waals surface area contributed by atoms with Crippen LogP contribution in [0.2, 0.25) is 0 Å². The third-order valence-electron chi connectivity index (χ3n) is 10.6. The Morgan fingerprint density at radius 2 is 1.34 bits per heavy atom. The second-order valence-electron chi connectivity index (χ2n) is 16.6. The zero-order valence-electron chi connectivity index (χ0n) is 33.3. The Morgan fingerprint density at radius 3 is 2.09 bits per heavy atom. The molecule has 0 bridgehead atoms. The fraction of sp³-hybridized carbons (Fsp3) is 0.157. The van der Waals surface area contributed by atoms with Gasteiger partial charge in [0, 0.05) is 61.3 Å². The van der Waals surface area contributed by atoms with Gasteiger partial charge in [0.25, 0.3) is 0 Å². The zero-order chi connectivity index (χ0) is 39.5. The van der Waals surface area contributed by atoms with Crippen LogP contribution in [0, 0.1) is 25.4 Å². The molecular weight excluding hydrogens is 894 g/mol. The molecule has 0 N–H and O–H groups in total. The Labute approximate surface area is 355 Å². The van der Waals surface area contributed by atoms with Crippen molar-refractivity contribution >= 4 is 50.2 Å². The molecule has 0 unspecified atom stereocenters. The monoisotopic (exact) mass is 935 g/mol. The average Bonchev–Trinajstić information content (AvgIpc) is 3.76. The molecule has 1 aliphatic heterocycles. The van der Waals surface area contributed by atoms with Crippen molar-refractivity contribution in [1.82, 2.24) is 9.55 Å². The summed E-state index contributed by atoms with van der Waals surface area (Å²) >= 11 is 0. The summed E-state index contributed by atoms with van der Waals surface area (Å²) in [6.45, 7) is 23.3. The van der Waals surface area contributed by atoms with Gasteiger partial charge in [0.15, 0.2) is 5.69 Å². The quantitative estimate of drug-likeness (QED) is 0.156. The van der Waals surface area contributed by atoms with Gasteiger partial charge in [0.2, 0.25) is 0 Å². The van der Waals surface area contributed by atoms with Crippen molar-refractivity contribution in [3.63, 3.8) is 0 Å². The van der Waals surface area contributed by atoms with Crippen LogP contribution in [0.4, 0.5) is 28.4 Å². The van der Waals surface area contributed by atoms with Gasteiger partial charge in [0.1, 0.15) is 5.82 Å². The SMILES string of the molecule is [C-]#[N+]c1cc(-c2ccccc2)cc(N2[CH-]N(c3[c-]c(Oc4[c-]c5c(cc4)c4ccccc4n5-c4cc(C(C)(C)C)ccn4)cc(C(C)(C)C)c3)c3ccccc32)c1.[Pt]. The molecule has 290 valence electrons. The minimum Gasteiger partial charge on any atom is -0.509 e. The van der Waals surface area contributed by atoms with E-state index in [0.717, 1.165) is 67.1 Å². The Morgan fingerprint density at radius 1 is 0.638 bits per heavy atom. The van der Waals surface area contributed by atoms with Gasteiger partial charge in [-0.3, -0.25) is 0 Å². The molecule has 2 aromatic heterocycles. The molecule has 0 saturated carbocycles. The van der Waals surface area contributed by atoms with Gasteiger partial charge in [-0.15, -0.1) is 53.6 Å². The molecule has 8 aromatic rings. The predicted octanol–water partition coefficient (Wildman–Crippen LogP) is 13.8. The van der Waals surface area contributed by atoms with Crippen LogP contribution in [0.25, 0.3) is 43.6 Å². The van der Waals surface area contributed by atoms with Gasteiger partial charge in [-0.25, -0.2) is 9.83 Å². The maximum Gasteiger partial charge on any atom is 0.189 e. The fourth-order valence-corrected chi connectivity index (χ4v) is 7.55. The van der Waals surface area contributed by atoms with Crippen LogP contribution in [0.1, 0.15) is 52.7 Å². The third kappa shape index (κ3) is 7.16. The summed E-state index contributed by atoms with van der Waals surface area (Å²) in [6.07, 6.45) is 1.89. The van der Waals surface area contributed by atoms with Gasteiger partial charge >= 0.3 is 0 Å². The Bertz CT molecular complexity index is 2860. The van der Waals surface area contributed by atoms with Crippen molar-refractivity contribution in [2.45, 2.75) is 52.4 Å². The van der Waals surface area contributed by atoms with Gasteiger partial charge in [0.05, 0.1) is 6.57 Å². The number of anilines is 4. The van der Waals surface area contributed by atoms with Crippen molar-refractivity contribution in [3.05, 3.63) is 181 Å². The van der Waals surface area contributed by atoms with Crippen LogP contribution in [-0.2, 0) is 31.9 Å². The van der Waals surface area contributed by atoms with E-state index in [9.17, 15) is 0 Å². The molecule has 7 heteroatoms. The molecule has 6 nitrogen and oxygen atoms in total. The van der Waals surface area contributed by atoms with E-state index in [1.807, 2.05) is 48.7 Å². The number of aromatic nitrogens is 2. The molecule has 0 atom stereocenters. The fourth-order valence-electron chi connectivity index (χ4n) is 7.55. The van der Waals surface area contributed by atoms with Crippen LogP contribution in [-0.4, -0.2) is 9.55 Å². The largest absolute Gasteiger partial charge is 0.509 e. The number of hydrogen-bond donors (Lipinski definition) is 0. The molecule has 0 spiro atoms. The number of rotatable bonds is 6. The summed E-state index contributed by atoms with van der Waals surface area (Å²) in [5.74, 6) is 2.02. The van der Waals surface area contributed by atoms with E-state index in [1.165, 1.54) is 5.56 Å². The standard InChI is InChI=1S/C51H42N5O.Pt/c1-50(2,3)36-23-24-53-49(29-36)56-45-18-12-11-17-43(45)44-22-21-41(32-48(44)56)57-42-28-37(51(4,5)6)27-40(31-42)55-33-54(46-19-13-14-20-47(46)55)39-26-35(25-38(30-39)52-7)34-15-9-8-10-16-34;/h8-30,33H,1-6H3;/q-3;. The summed E-state index contributed by atoms with van der Waals surface area (Å²) in [5, 5.41) is 2.21. The molecule has 0 saturated heterocycles. The molecule has 6 aromatic carbocycles. The molecule has 58 heavy (non-hydrogen) atoms. The molecular formula is C51H42N5OPt-3. The number of ether oxygens (including phenoxy) is 1. The smallest absolute Gasteiger partial charge is 0.189 e. The van der Waals surface area contributed by atoms with E-state index in [4.69, 9.17) is 16.3 Å². The Hall–Kier alpha value is -6.15. The Balaban J connectivity index is 0.00000469. The zero-order valence-corrected chi connectivity index (χ0v) is 35.6. The molecule has 0 aliphatic carbocycles. The second-order valence-corrected chi connectivity index (χ2v) is 16.6. The van der Waals surface area contributed by atoms with Crippen LogP contribution in [0.15, 0.2) is 140 Å². The molecule has 9 rings (SSSR count). The number of pyridine rings is 1. The summed E-state index contributed by atoms with van der Waals surface area (Å²) < 4.78 is 8.93. The summed E-state index contributed by atoms with van der Waals surface area (Å²) in [4.78, 5) is 13.0. The summed E-state index contributed by atoms with van der Waals surface area (Å²) in [5.41, 5.74) is 10.5. The van der Waals surface area contributed by atoms with Gasteiger partial charge < -0.3 is 19.1 Å². The number of nitrogens with zero attached hydrogens (tertiary/aromatic N) is 5. The van der Waals surface area contributed by atoms with Gasteiger partial charge in [-0.1, -0.05) is 108 Å². The van der Waals surface area contributed by atoms with E-state index >= 15 is 0 Å². The van der Waals surface area contributed by atoms with Gasteiger partial charge in [-0.05, 0) is 81.4 Å². The van der Waals surface area contributed by atoms with E-state index < -0.39 is 0 Å². The number of hydrogen-bond acceptors (Lipinski definition) is 4. The first-order valence-corrected chi connectivity index (χ1v) is 19.2. The Kier molecular flexibility index (Phi) is 10.00. The second kappa shape index (κ2) is 15.0. The summed E-state index contributed by atoms with van der Waals surface area (Å²) in [6, 6.07) is 52.9. The van der Waals surface area contributed by atoms with Gasteiger partial charge in [-0.2, -0.15) is 6.07 Å². The first kappa shape index (κ1) is 38.7. The van der Waals surface area contributed by atoms with Crippen LogP contribution < -0.4 is 14.5 Å². The summed E-state index contributed by atoms with van der Waals surface area (Å²) in [7, 11) is 0. The minimum absolute atomic E-state index is 0. The van der Waals surface area contributed by atoms with Crippen molar-refractivity contribution in [2.24, 2.45) is 0 Å². The average molecular weight is 936 g/mol. The van der Waals surface area contributed by atoms with E-state index in [1.54, 1.807) is 0 Å².